The average molecular weight is 673 g/mol. The Kier molecular flexibility index (Phi) is 6.62. The van der Waals surface area contributed by atoms with Crippen molar-refractivity contribution in [1.82, 2.24) is 0 Å². The minimum atomic E-state index is 0.920. The van der Waals surface area contributed by atoms with E-state index in [-0.39, 0.29) is 0 Å². The van der Waals surface area contributed by atoms with Gasteiger partial charge in [-0.05, 0) is 106 Å². The van der Waals surface area contributed by atoms with Crippen LogP contribution >= 0.6 is 0 Å². The van der Waals surface area contributed by atoms with Crippen molar-refractivity contribution in [2.24, 2.45) is 0 Å². The van der Waals surface area contributed by atoms with Gasteiger partial charge in [0.1, 0.15) is 11.2 Å². The van der Waals surface area contributed by atoms with Gasteiger partial charge in [0, 0.05) is 10.8 Å². The van der Waals surface area contributed by atoms with Gasteiger partial charge in [-0.2, -0.15) is 0 Å². The van der Waals surface area contributed by atoms with Gasteiger partial charge in [-0.1, -0.05) is 176 Å². The summed E-state index contributed by atoms with van der Waals surface area (Å²) in [6, 6.07) is 70.6. The Balaban J connectivity index is 1.22. The summed E-state index contributed by atoms with van der Waals surface area (Å²) < 4.78 is 6.44. The molecule has 1 heterocycles. The Labute approximate surface area is 307 Å². The van der Waals surface area contributed by atoms with Gasteiger partial charge < -0.3 is 4.42 Å². The number of furan rings is 1. The fraction of sp³-hybridized carbons (Fsp3) is 0. The predicted molar refractivity (Wildman–Crippen MR) is 225 cm³/mol. The van der Waals surface area contributed by atoms with E-state index in [0.29, 0.717) is 0 Å². The molecule has 0 saturated heterocycles. The monoisotopic (exact) mass is 672 g/mol. The molecule has 1 nitrogen and oxygen atoms in total. The highest BCUT2D eigenvalue weighted by Crippen LogP contribution is 2.50. The Morgan fingerprint density at radius 2 is 0.736 bits per heavy atom. The maximum absolute atomic E-state index is 6.44. The molecule has 0 spiro atoms. The van der Waals surface area contributed by atoms with Gasteiger partial charge in [-0.3, -0.25) is 0 Å². The van der Waals surface area contributed by atoms with Gasteiger partial charge in [0.25, 0.3) is 0 Å². The van der Waals surface area contributed by atoms with E-state index in [1.54, 1.807) is 0 Å². The number of hydrogen-bond donors (Lipinski definition) is 0. The fourth-order valence-corrected chi connectivity index (χ4v) is 8.77. The molecule has 0 saturated carbocycles. The molecule has 0 N–H and O–H groups in total. The fourth-order valence-electron chi connectivity index (χ4n) is 8.77. The van der Waals surface area contributed by atoms with Crippen LogP contribution < -0.4 is 0 Å². The third-order valence-electron chi connectivity index (χ3n) is 11.0. The number of hydrogen-bond acceptors (Lipinski definition) is 1. The molecule has 246 valence electrons. The van der Waals surface area contributed by atoms with Gasteiger partial charge >= 0.3 is 0 Å². The van der Waals surface area contributed by atoms with Crippen LogP contribution in [0, 0.1) is 0 Å². The lowest BCUT2D eigenvalue weighted by molar-refractivity contribution is 0.669. The van der Waals surface area contributed by atoms with E-state index < -0.39 is 0 Å². The number of fused-ring (bicyclic) bond motifs is 9. The smallest absolute Gasteiger partial charge is 0.136 e. The van der Waals surface area contributed by atoms with Crippen LogP contribution in [-0.2, 0) is 0 Å². The van der Waals surface area contributed by atoms with Crippen LogP contribution in [0.1, 0.15) is 0 Å². The maximum Gasteiger partial charge on any atom is 0.136 e. The minimum Gasteiger partial charge on any atom is -0.456 e. The Hall–Kier alpha value is -6.96. The van der Waals surface area contributed by atoms with Crippen LogP contribution in [0.5, 0.6) is 0 Å². The van der Waals surface area contributed by atoms with Crippen molar-refractivity contribution < 1.29 is 4.42 Å². The second-order valence-corrected chi connectivity index (χ2v) is 13.9. The molecule has 1 aromatic heterocycles. The molecule has 10 aromatic carbocycles. The first-order chi connectivity index (χ1) is 26.3. The van der Waals surface area contributed by atoms with Crippen molar-refractivity contribution in [2.45, 2.75) is 0 Å². The lowest BCUT2D eigenvalue weighted by atomic mass is 9.81. The van der Waals surface area contributed by atoms with Gasteiger partial charge in [0.05, 0.1) is 0 Å². The van der Waals surface area contributed by atoms with Crippen LogP contribution in [0.3, 0.4) is 0 Å². The quantitative estimate of drug-likeness (QED) is 0.170. The Bertz CT molecular complexity index is 3090. The Morgan fingerprint density at radius 3 is 1.32 bits per heavy atom. The van der Waals surface area contributed by atoms with Crippen molar-refractivity contribution >= 4 is 65.0 Å². The summed E-state index contributed by atoms with van der Waals surface area (Å²) in [5, 5.41) is 12.2. The molecular formula is C52H32O. The van der Waals surface area contributed by atoms with Gasteiger partial charge in [0.15, 0.2) is 0 Å². The van der Waals surface area contributed by atoms with E-state index in [4.69, 9.17) is 4.42 Å². The van der Waals surface area contributed by atoms with Crippen LogP contribution in [0.15, 0.2) is 199 Å². The minimum absolute atomic E-state index is 0.920. The lowest BCUT2D eigenvalue weighted by Crippen LogP contribution is -1.95. The molecular weight excluding hydrogens is 641 g/mol. The summed E-state index contributed by atoms with van der Waals surface area (Å²) in [4.78, 5) is 0. The number of rotatable bonds is 4. The first-order valence-corrected chi connectivity index (χ1v) is 18.3. The van der Waals surface area contributed by atoms with Crippen molar-refractivity contribution in [2.75, 3.05) is 0 Å². The molecule has 0 fully saturated rings. The van der Waals surface area contributed by atoms with E-state index in [2.05, 4.69) is 194 Å². The first-order valence-electron chi connectivity index (χ1n) is 18.3. The summed E-state index contributed by atoms with van der Waals surface area (Å²) >= 11 is 0. The highest BCUT2D eigenvalue weighted by molar-refractivity contribution is 6.28. The zero-order valence-corrected chi connectivity index (χ0v) is 28.9. The van der Waals surface area contributed by atoms with Crippen molar-refractivity contribution in [3.05, 3.63) is 194 Å². The zero-order chi connectivity index (χ0) is 34.9. The Morgan fingerprint density at radius 1 is 0.264 bits per heavy atom. The van der Waals surface area contributed by atoms with Crippen molar-refractivity contribution in [3.63, 3.8) is 0 Å². The molecule has 1 heteroatoms. The van der Waals surface area contributed by atoms with Gasteiger partial charge in [-0.25, -0.2) is 0 Å². The van der Waals surface area contributed by atoms with Gasteiger partial charge in [-0.15, -0.1) is 0 Å². The molecule has 11 rings (SSSR count). The maximum atomic E-state index is 6.44. The molecule has 53 heavy (non-hydrogen) atoms. The largest absolute Gasteiger partial charge is 0.456 e. The van der Waals surface area contributed by atoms with Crippen molar-refractivity contribution in [1.29, 1.82) is 0 Å². The van der Waals surface area contributed by atoms with Crippen LogP contribution in [0.2, 0.25) is 0 Å². The SMILES string of the molecule is c1ccc(-c2cccc(-c3ccccc3)c2-c2c3ccccc3c(-c3ccc4c(ccc5oc6ccc7ccccc7c6c54)c3)c3ccccc23)cc1. The lowest BCUT2D eigenvalue weighted by Gasteiger charge is -2.22. The predicted octanol–water partition coefficient (Wildman–Crippen LogP) is 14.9. The summed E-state index contributed by atoms with van der Waals surface area (Å²) in [5.74, 6) is 0. The van der Waals surface area contributed by atoms with E-state index in [1.807, 2.05) is 0 Å². The summed E-state index contributed by atoms with van der Waals surface area (Å²) in [6.45, 7) is 0. The molecule has 11 aromatic rings. The molecule has 0 aliphatic heterocycles. The highest BCUT2D eigenvalue weighted by atomic mass is 16.3. The third kappa shape index (κ3) is 4.58. The van der Waals surface area contributed by atoms with E-state index in [0.717, 1.165) is 11.2 Å². The van der Waals surface area contributed by atoms with Crippen LogP contribution in [0.25, 0.3) is 110 Å². The standard InChI is InChI=1S/C52H32O/c1-3-14-33(15-4-1)38-24-13-25-39(34-16-5-2-6-17-34)49(38)50-44-22-11-9-20-42(44)48(43-21-10-12-23-45(43)50)37-26-29-41-36(32-37)28-31-47-52(41)51-40-19-8-7-18-35(40)27-30-46(51)53-47/h1-32H. The molecule has 0 amide bonds. The van der Waals surface area contributed by atoms with Gasteiger partial charge in [0.2, 0.25) is 0 Å². The van der Waals surface area contributed by atoms with Crippen LogP contribution in [0.4, 0.5) is 0 Å². The topological polar surface area (TPSA) is 13.1 Å². The molecule has 0 atom stereocenters. The summed E-state index contributed by atoms with van der Waals surface area (Å²) in [5.41, 5.74) is 11.7. The average Bonchev–Trinajstić information content (AvgIpc) is 3.63. The third-order valence-corrected chi connectivity index (χ3v) is 11.0. The number of benzene rings is 10. The van der Waals surface area contributed by atoms with Crippen molar-refractivity contribution in [3.8, 4) is 44.5 Å². The van der Waals surface area contributed by atoms with Crippen LogP contribution in [-0.4, -0.2) is 0 Å². The molecule has 0 aliphatic rings. The normalized spacial score (nSPS) is 11.8. The van der Waals surface area contributed by atoms with E-state index in [9.17, 15) is 0 Å². The second-order valence-electron chi connectivity index (χ2n) is 13.9. The first kappa shape index (κ1) is 29.7. The summed E-state index contributed by atoms with van der Waals surface area (Å²) in [7, 11) is 0. The second kappa shape index (κ2) is 11.8. The molecule has 0 bridgehead atoms. The van der Waals surface area contributed by atoms with E-state index in [1.165, 1.54) is 98.4 Å². The van der Waals surface area contributed by atoms with E-state index >= 15 is 0 Å². The highest BCUT2D eigenvalue weighted by Gasteiger charge is 2.22. The molecule has 0 radical (unpaired) electrons. The molecule has 0 unspecified atom stereocenters. The summed E-state index contributed by atoms with van der Waals surface area (Å²) in [6.07, 6.45) is 0. The zero-order valence-electron chi connectivity index (χ0n) is 28.9. The molecule has 0 aliphatic carbocycles.